The van der Waals surface area contributed by atoms with Gasteiger partial charge in [0.25, 0.3) is 0 Å². The zero-order valence-corrected chi connectivity index (χ0v) is 29.7. The average molecular weight is 670 g/mol. The Morgan fingerprint density at radius 1 is 0.423 bits per heavy atom. The number of para-hydroxylation sites is 4. The molecule has 0 amide bonds. The summed E-state index contributed by atoms with van der Waals surface area (Å²) in [5, 5.41) is 4.70. The zero-order chi connectivity index (χ0) is 35.2. The molecule has 0 aliphatic rings. The summed E-state index contributed by atoms with van der Waals surface area (Å²) in [5.74, 6) is 0. The molecule has 0 saturated carbocycles. The van der Waals surface area contributed by atoms with Crippen molar-refractivity contribution in [2.45, 2.75) is 26.2 Å². The normalized spacial score (nSPS) is 11.8. The molecular formula is C50H39NO. The van der Waals surface area contributed by atoms with Gasteiger partial charge in [-0.05, 0) is 68.8 Å². The van der Waals surface area contributed by atoms with Gasteiger partial charge in [0, 0.05) is 33.2 Å². The molecule has 0 radical (unpaired) electrons. The van der Waals surface area contributed by atoms with E-state index >= 15 is 0 Å². The molecule has 9 rings (SSSR count). The van der Waals surface area contributed by atoms with Gasteiger partial charge in [0.1, 0.15) is 11.2 Å². The topological polar surface area (TPSA) is 16.4 Å². The van der Waals surface area contributed by atoms with E-state index in [1.165, 1.54) is 33.0 Å². The highest BCUT2D eigenvalue weighted by Gasteiger charge is 2.24. The monoisotopic (exact) mass is 669 g/mol. The van der Waals surface area contributed by atoms with E-state index in [1.54, 1.807) is 0 Å². The molecule has 2 nitrogen and oxygen atoms in total. The van der Waals surface area contributed by atoms with Gasteiger partial charge in [0.15, 0.2) is 0 Å². The number of nitrogens with zero attached hydrogens (tertiary/aromatic N) is 1. The Morgan fingerprint density at radius 3 is 1.67 bits per heavy atom. The van der Waals surface area contributed by atoms with Crippen molar-refractivity contribution in [2.75, 3.05) is 4.90 Å². The fourth-order valence-electron chi connectivity index (χ4n) is 7.69. The van der Waals surface area contributed by atoms with Crippen LogP contribution in [-0.4, -0.2) is 0 Å². The minimum Gasteiger partial charge on any atom is -0.455 e. The molecule has 8 aromatic carbocycles. The molecule has 0 N–H and O–H groups in total. The SMILES string of the molecule is CC(C)(C)c1ccc(N(c2ccccc2-c2cccc3c2oc2ccccc23)c2ccccc2-c2cccc3cccc(-c4ccccc4)c23)cc1. The van der Waals surface area contributed by atoms with Gasteiger partial charge in [-0.2, -0.15) is 0 Å². The molecule has 52 heavy (non-hydrogen) atoms. The van der Waals surface area contributed by atoms with Crippen LogP contribution in [0, 0.1) is 0 Å². The first-order chi connectivity index (χ1) is 25.5. The van der Waals surface area contributed by atoms with Crippen molar-refractivity contribution in [3.63, 3.8) is 0 Å². The molecule has 2 heteroatoms. The predicted molar refractivity (Wildman–Crippen MR) is 221 cm³/mol. The Bertz CT molecular complexity index is 2710. The van der Waals surface area contributed by atoms with E-state index in [9.17, 15) is 0 Å². The molecule has 0 atom stereocenters. The largest absolute Gasteiger partial charge is 0.455 e. The Labute approximate surface area is 305 Å². The first-order valence-corrected chi connectivity index (χ1v) is 18.0. The van der Waals surface area contributed by atoms with Gasteiger partial charge in [-0.3, -0.25) is 0 Å². The lowest BCUT2D eigenvalue weighted by Gasteiger charge is -2.31. The fraction of sp³-hybridized carbons (Fsp3) is 0.0800. The van der Waals surface area contributed by atoms with E-state index in [-0.39, 0.29) is 5.41 Å². The highest BCUT2D eigenvalue weighted by molar-refractivity contribution is 6.12. The number of furan rings is 1. The molecule has 0 fully saturated rings. The van der Waals surface area contributed by atoms with Crippen LogP contribution in [-0.2, 0) is 5.41 Å². The molecule has 1 aromatic heterocycles. The molecule has 0 aliphatic heterocycles. The van der Waals surface area contributed by atoms with Crippen molar-refractivity contribution in [1.82, 2.24) is 0 Å². The molecule has 1 heterocycles. The number of hydrogen-bond acceptors (Lipinski definition) is 2. The molecule has 0 spiro atoms. The lowest BCUT2D eigenvalue weighted by Crippen LogP contribution is -2.14. The number of hydrogen-bond donors (Lipinski definition) is 0. The Morgan fingerprint density at radius 2 is 0.962 bits per heavy atom. The van der Waals surface area contributed by atoms with Gasteiger partial charge >= 0.3 is 0 Å². The summed E-state index contributed by atoms with van der Waals surface area (Å²) in [5.41, 5.74) is 13.3. The lowest BCUT2D eigenvalue weighted by atomic mass is 9.87. The molecule has 0 aliphatic carbocycles. The van der Waals surface area contributed by atoms with Gasteiger partial charge in [-0.15, -0.1) is 0 Å². The second-order valence-corrected chi connectivity index (χ2v) is 14.5. The summed E-state index contributed by atoms with van der Waals surface area (Å²) >= 11 is 0. The van der Waals surface area contributed by atoms with Crippen molar-refractivity contribution in [2.24, 2.45) is 0 Å². The average Bonchev–Trinajstić information content (AvgIpc) is 3.57. The second kappa shape index (κ2) is 12.7. The third kappa shape index (κ3) is 5.45. The van der Waals surface area contributed by atoms with Crippen molar-refractivity contribution < 1.29 is 4.42 Å². The Balaban J connectivity index is 1.32. The number of rotatable bonds is 6. The van der Waals surface area contributed by atoms with Crippen LogP contribution in [0.2, 0.25) is 0 Å². The highest BCUT2D eigenvalue weighted by Crippen LogP contribution is 2.48. The maximum atomic E-state index is 6.62. The standard InChI is InChI=1S/C50H39NO/c1-50(2,3)36-30-32-37(33-31-36)51(46-28-11-8-21-40(46)43-25-15-26-44-41-22-9-12-29-47(41)52-49(43)44)45-27-10-7-20-39(45)42-24-14-19-35-18-13-23-38(48(35)42)34-16-5-4-6-17-34/h4-33H,1-3H3. The summed E-state index contributed by atoms with van der Waals surface area (Å²) in [6.45, 7) is 6.80. The Kier molecular flexibility index (Phi) is 7.74. The van der Waals surface area contributed by atoms with E-state index in [4.69, 9.17) is 4.42 Å². The van der Waals surface area contributed by atoms with Crippen molar-refractivity contribution in [3.8, 4) is 33.4 Å². The van der Waals surface area contributed by atoms with Gasteiger partial charge in [-0.1, -0.05) is 172 Å². The van der Waals surface area contributed by atoms with Crippen LogP contribution in [0.1, 0.15) is 26.3 Å². The van der Waals surface area contributed by atoms with Gasteiger partial charge in [0.05, 0.1) is 11.4 Å². The van der Waals surface area contributed by atoms with Crippen LogP contribution >= 0.6 is 0 Å². The molecule has 250 valence electrons. The summed E-state index contributed by atoms with van der Waals surface area (Å²) in [4.78, 5) is 2.43. The van der Waals surface area contributed by atoms with Crippen LogP contribution in [0.25, 0.3) is 66.1 Å². The summed E-state index contributed by atoms with van der Waals surface area (Å²) < 4.78 is 6.62. The van der Waals surface area contributed by atoms with Crippen molar-refractivity contribution in [1.29, 1.82) is 0 Å². The van der Waals surface area contributed by atoms with E-state index in [0.29, 0.717) is 0 Å². The van der Waals surface area contributed by atoms with E-state index in [0.717, 1.165) is 55.7 Å². The van der Waals surface area contributed by atoms with Crippen molar-refractivity contribution in [3.05, 3.63) is 188 Å². The van der Waals surface area contributed by atoms with Crippen LogP contribution < -0.4 is 4.90 Å². The third-order valence-electron chi connectivity index (χ3n) is 10.3. The minimum atomic E-state index is 0.0346. The van der Waals surface area contributed by atoms with E-state index in [2.05, 4.69) is 202 Å². The fourth-order valence-corrected chi connectivity index (χ4v) is 7.69. The van der Waals surface area contributed by atoms with Crippen LogP contribution in [0.4, 0.5) is 17.1 Å². The number of fused-ring (bicyclic) bond motifs is 4. The van der Waals surface area contributed by atoms with Crippen LogP contribution in [0.3, 0.4) is 0 Å². The molecule has 0 unspecified atom stereocenters. The second-order valence-electron chi connectivity index (χ2n) is 14.5. The first kappa shape index (κ1) is 31.6. The third-order valence-corrected chi connectivity index (χ3v) is 10.3. The molecule has 0 saturated heterocycles. The Hall–Kier alpha value is -6.38. The summed E-state index contributed by atoms with van der Waals surface area (Å²) in [6, 6.07) is 65.5. The number of anilines is 3. The lowest BCUT2D eigenvalue weighted by molar-refractivity contribution is 0.590. The van der Waals surface area contributed by atoms with Crippen molar-refractivity contribution >= 4 is 49.8 Å². The van der Waals surface area contributed by atoms with Gasteiger partial charge in [0.2, 0.25) is 0 Å². The molecule has 0 bridgehead atoms. The molecule has 9 aromatic rings. The van der Waals surface area contributed by atoms with E-state index in [1.807, 2.05) is 6.07 Å². The zero-order valence-electron chi connectivity index (χ0n) is 29.7. The summed E-state index contributed by atoms with van der Waals surface area (Å²) in [7, 11) is 0. The van der Waals surface area contributed by atoms with E-state index < -0.39 is 0 Å². The quantitative estimate of drug-likeness (QED) is 0.175. The molecular weight excluding hydrogens is 631 g/mol. The maximum absolute atomic E-state index is 6.62. The number of benzene rings is 8. The smallest absolute Gasteiger partial charge is 0.143 e. The van der Waals surface area contributed by atoms with Crippen LogP contribution in [0.15, 0.2) is 186 Å². The van der Waals surface area contributed by atoms with Crippen LogP contribution in [0.5, 0.6) is 0 Å². The maximum Gasteiger partial charge on any atom is 0.143 e. The van der Waals surface area contributed by atoms with Gasteiger partial charge in [-0.25, -0.2) is 0 Å². The first-order valence-electron chi connectivity index (χ1n) is 18.0. The highest BCUT2D eigenvalue weighted by atomic mass is 16.3. The summed E-state index contributed by atoms with van der Waals surface area (Å²) in [6.07, 6.45) is 0. The van der Waals surface area contributed by atoms with Gasteiger partial charge < -0.3 is 9.32 Å². The minimum absolute atomic E-state index is 0.0346. The predicted octanol–water partition coefficient (Wildman–Crippen LogP) is 14.5.